The largest absolute Gasteiger partial charge is 0.383 e. The summed E-state index contributed by atoms with van der Waals surface area (Å²) in [6.45, 7) is 19.1. The van der Waals surface area contributed by atoms with Gasteiger partial charge in [-0.15, -0.1) is 0 Å². The van der Waals surface area contributed by atoms with Crippen LogP contribution in [0.15, 0.2) is 78.9 Å². The third-order valence-corrected chi connectivity index (χ3v) is 7.09. The lowest BCUT2D eigenvalue weighted by Gasteiger charge is -2.23. The highest BCUT2D eigenvalue weighted by atomic mass is 16.5. The number of aromatic nitrogens is 2. The average molecular weight is 545 g/mol. The van der Waals surface area contributed by atoms with Crippen LogP contribution in [0.2, 0.25) is 6.32 Å². The van der Waals surface area contributed by atoms with E-state index < -0.39 is 0 Å². The Morgan fingerprint density at radius 3 is 2.55 bits per heavy atom. The summed E-state index contributed by atoms with van der Waals surface area (Å²) in [7, 11) is 9.80. The van der Waals surface area contributed by atoms with E-state index in [4.69, 9.17) is 17.7 Å². The first kappa shape index (κ1) is 33.0. The lowest BCUT2D eigenvalue weighted by Crippen LogP contribution is -2.40. The van der Waals surface area contributed by atoms with Crippen molar-refractivity contribution in [1.29, 1.82) is 0 Å². The number of para-hydroxylation sites is 1. The number of benzene rings is 1. The van der Waals surface area contributed by atoms with E-state index in [-0.39, 0.29) is 6.04 Å². The number of hydrogen-bond donors (Lipinski definition) is 3. The molecule has 8 heteroatoms. The SMILES string of the molecule is [B]C[C@@H](CNCCOC)N/C(=C/CC)Nc1c(C)c(C/C=C(\C(=C)N(C)C=C)C(C)CC)nn1-c1ccccc1. The van der Waals surface area contributed by atoms with Crippen LogP contribution < -0.4 is 16.0 Å². The number of nitrogens with zero attached hydrogens (tertiary/aromatic N) is 3. The molecule has 1 aromatic carbocycles. The molecule has 3 N–H and O–H groups in total. The van der Waals surface area contributed by atoms with Crippen LogP contribution in [-0.2, 0) is 11.2 Å². The Labute approximate surface area is 243 Å². The minimum atomic E-state index is 0.0592. The zero-order valence-corrected chi connectivity index (χ0v) is 25.5. The van der Waals surface area contributed by atoms with Crippen LogP contribution in [0.25, 0.3) is 5.69 Å². The third-order valence-electron chi connectivity index (χ3n) is 7.09. The fourth-order valence-corrected chi connectivity index (χ4v) is 4.32. The van der Waals surface area contributed by atoms with E-state index in [2.05, 4.69) is 81.1 Å². The van der Waals surface area contributed by atoms with Gasteiger partial charge in [0.25, 0.3) is 0 Å². The van der Waals surface area contributed by atoms with Crippen molar-refractivity contribution in [2.75, 3.05) is 39.2 Å². The van der Waals surface area contributed by atoms with E-state index in [1.165, 1.54) is 5.57 Å². The molecule has 0 fully saturated rings. The average Bonchev–Trinajstić information content (AvgIpc) is 3.28. The minimum Gasteiger partial charge on any atom is -0.383 e. The number of rotatable bonds is 19. The molecule has 216 valence electrons. The molecule has 2 aromatic rings. The summed E-state index contributed by atoms with van der Waals surface area (Å²) in [6, 6.07) is 10.3. The van der Waals surface area contributed by atoms with E-state index in [1.807, 2.05) is 34.8 Å². The fraction of sp³-hybridized carbons (Fsp3) is 0.469. The van der Waals surface area contributed by atoms with Crippen molar-refractivity contribution in [3.8, 4) is 5.69 Å². The van der Waals surface area contributed by atoms with Crippen molar-refractivity contribution < 1.29 is 4.74 Å². The van der Waals surface area contributed by atoms with Crippen LogP contribution >= 0.6 is 0 Å². The highest BCUT2D eigenvalue weighted by molar-refractivity contribution is 6.09. The summed E-state index contributed by atoms with van der Waals surface area (Å²) >= 11 is 0. The molecular formula is C32H49BN6O. The maximum atomic E-state index is 6.11. The summed E-state index contributed by atoms with van der Waals surface area (Å²) in [5.41, 5.74) is 5.28. The first-order valence-electron chi connectivity index (χ1n) is 14.3. The molecule has 0 saturated heterocycles. The van der Waals surface area contributed by atoms with Crippen molar-refractivity contribution in [3.05, 3.63) is 90.2 Å². The summed E-state index contributed by atoms with van der Waals surface area (Å²) < 4.78 is 7.14. The molecule has 0 bridgehead atoms. The molecule has 1 aromatic heterocycles. The van der Waals surface area contributed by atoms with Gasteiger partial charge in [-0.2, -0.15) is 5.10 Å². The number of hydrogen-bond acceptors (Lipinski definition) is 6. The van der Waals surface area contributed by atoms with Crippen molar-refractivity contribution in [2.45, 2.75) is 59.3 Å². The van der Waals surface area contributed by atoms with Crippen LogP contribution in [0, 0.1) is 12.8 Å². The minimum absolute atomic E-state index is 0.0592. The Bertz CT molecular complexity index is 1120. The molecule has 2 atom stereocenters. The zero-order valence-electron chi connectivity index (χ0n) is 25.5. The second-order valence-electron chi connectivity index (χ2n) is 10.0. The van der Waals surface area contributed by atoms with Crippen LogP contribution in [0.3, 0.4) is 0 Å². The molecular weight excluding hydrogens is 495 g/mol. The summed E-state index contributed by atoms with van der Waals surface area (Å²) in [6.07, 6.45) is 9.30. The summed E-state index contributed by atoms with van der Waals surface area (Å²) in [5, 5.41) is 15.7. The lowest BCUT2D eigenvalue weighted by atomic mass is 9.94. The van der Waals surface area contributed by atoms with Gasteiger partial charge in [0.1, 0.15) is 11.6 Å². The van der Waals surface area contributed by atoms with E-state index in [9.17, 15) is 0 Å². The van der Waals surface area contributed by atoms with Gasteiger partial charge in [0, 0.05) is 51.0 Å². The van der Waals surface area contributed by atoms with E-state index >= 15 is 0 Å². The zero-order chi connectivity index (χ0) is 29.5. The Kier molecular flexibility index (Phi) is 14.4. The van der Waals surface area contributed by atoms with Crippen LogP contribution in [0.4, 0.5) is 5.82 Å². The molecule has 0 aliphatic heterocycles. The number of ether oxygens (including phenoxy) is 1. The van der Waals surface area contributed by atoms with Crippen molar-refractivity contribution in [1.82, 2.24) is 25.3 Å². The van der Waals surface area contributed by atoms with E-state index in [0.29, 0.717) is 25.3 Å². The Morgan fingerprint density at radius 2 is 1.95 bits per heavy atom. The predicted molar refractivity (Wildman–Crippen MR) is 171 cm³/mol. The molecule has 2 radical (unpaired) electrons. The van der Waals surface area contributed by atoms with E-state index in [0.717, 1.165) is 60.2 Å². The van der Waals surface area contributed by atoms with Crippen LogP contribution in [0.1, 0.15) is 44.9 Å². The molecule has 0 aliphatic carbocycles. The molecule has 2 rings (SSSR count). The Morgan fingerprint density at radius 1 is 1.23 bits per heavy atom. The van der Waals surface area contributed by atoms with Gasteiger partial charge in [0.15, 0.2) is 0 Å². The molecule has 1 unspecified atom stereocenters. The quantitative estimate of drug-likeness (QED) is 0.119. The molecule has 0 saturated carbocycles. The van der Waals surface area contributed by atoms with Gasteiger partial charge >= 0.3 is 0 Å². The number of methoxy groups -OCH3 is 1. The van der Waals surface area contributed by atoms with Gasteiger partial charge in [-0.05, 0) is 55.7 Å². The number of anilines is 1. The molecule has 7 nitrogen and oxygen atoms in total. The second-order valence-corrected chi connectivity index (χ2v) is 10.0. The first-order chi connectivity index (χ1) is 19.3. The topological polar surface area (TPSA) is 66.4 Å². The fourth-order valence-electron chi connectivity index (χ4n) is 4.32. The highest BCUT2D eigenvalue weighted by Gasteiger charge is 2.19. The van der Waals surface area contributed by atoms with Gasteiger partial charge in [0.2, 0.25) is 0 Å². The molecule has 0 spiro atoms. The second kappa shape index (κ2) is 17.5. The maximum absolute atomic E-state index is 6.11. The predicted octanol–water partition coefficient (Wildman–Crippen LogP) is 5.73. The van der Waals surface area contributed by atoms with Gasteiger partial charge < -0.3 is 25.6 Å². The summed E-state index contributed by atoms with van der Waals surface area (Å²) in [5.74, 6) is 2.21. The standard InChI is InChI=1S/C32H49BN6O/c1-9-15-31(35-27(22-33)23-34-20-21-40-8)36-32-25(5)30(37-39(32)28-16-13-12-14-17-28)19-18-29(24(4)10-2)26(6)38(7)11-3/h11-18,24,27,34-36H,3,6,9-10,19-23H2,1-2,4-5,7-8H3/b29-18-,31-15-/t24?,27-/m0/s1. The number of nitrogens with one attached hydrogen (secondary N) is 3. The Hall–Kier alpha value is -3.23. The monoisotopic (exact) mass is 544 g/mol. The molecule has 0 amide bonds. The maximum Gasteiger partial charge on any atom is 0.138 e. The number of allylic oxidation sites excluding steroid dienone is 3. The molecule has 40 heavy (non-hydrogen) atoms. The van der Waals surface area contributed by atoms with Gasteiger partial charge in [0.05, 0.1) is 25.8 Å². The smallest absolute Gasteiger partial charge is 0.138 e. The normalized spacial score (nSPS) is 13.6. The number of likely N-dealkylation sites (N-methyl/N-ethyl adjacent to an activating group) is 1. The lowest BCUT2D eigenvalue weighted by molar-refractivity contribution is 0.199. The van der Waals surface area contributed by atoms with Gasteiger partial charge in [-0.1, -0.05) is 64.5 Å². The third kappa shape index (κ3) is 9.45. The highest BCUT2D eigenvalue weighted by Crippen LogP contribution is 2.28. The van der Waals surface area contributed by atoms with E-state index in [1.54, 1.807) is 13.3 Å². The van der Waals surface area contributed by atoms with Crippen LogP contribution in [-0.4, -0.2) is 62.4 Å². The first-order valence-corrected chi connectivity index (χ1v) is 14.3. The van der Waals surface area contributed by atoms with Crippen molar-refractivity contribution in [3.63, 3.8) is 0 Å². The summed E-state index contributed by atoms with van der Waals surface area (Å²) in [4.78, 5) is 1.98. The van der Waals surface area contributed by atoms with Crippen molar-refractivity contribution in [2.24, 2.45) is 5.92 Å². The van der Waals surface area contributed by atoms with Gasteiger partial charge in [-0.3, -0.25) is 0 Å². The Balaban J connectivity index is 2.44. The van der Waals surface area contributed by atoms with Crippen LogP contribution in [0.5, 0.6) is 0 Å². The molecule has 1 heterocycles. The van der Waals surface area contributed by atoms with Gasteiger partial charge in [-0.25, -0.2) is 4.68 Å². The molecule has 0 aliphatic rings. The van der Waals surface area contributed by atoms with Crippen molar-refractivity contribution >= 4 is 13.7 Å².